The quantitative estimate of drug-likeness (QED) is 0.271. The number of hydrogen-bond acceptors (Lipinski definition) is 0. The van der Waals surface area contributed by atoms with Crippen LogP contribution in [0.3, 0.4) is 0 Å². The minimum atomic E-state index is -6.99. The van der Waals surface area contributed by atoms with Crippen molar-refractivity contribution in [2.75, 3.05) is 0 Å². The Morgan fingerprint density at radius 2 is 1.00 bits per heavy atom. The van der Waals surface area contributed by atoms with Crippen molar-refractivity contribution < 1.29 is 39.5 Å². The molecule has 0 aliphatic heterocycles. The summed E-state index contributed by atoms with van der Waals surface area (Å²) in [5.41, 5.74) is 0.397. The molecule has 2 aromatic rings. The average Bonchev–Trinajstić information content (AvgIpc) is 2.74. The molecule has 202 valence electrons. The van der Waals surface area contributed by atoms with E-state index < -0.39 is 35.6 Å². The molecule has 0 heterocycles. The fraction of sp³-hybridized carbons (Fsp3) is 0.429. The van der Waals surface area contributed by atoms with E-state index in [1.54, 1.807) is 24.3 Å². The molecule has 0 nitrogen and oxygen atoms in total. The van der Waals surface area contributed by atoms with Crippen LogP contribution in [0.15, 0.2) is 54.6 Å². The number of rotatable bonds is 4. The highest BCUT2D eigenvalue weighted by Crippen LogP contribution is 2.54. The van der Waals surface area contributed by atoms with Crippen molar-refractivity contribution in [3.05, 3.63) is 76.9 Å². The summed E-state index contributed by atoms with van der Waals surface area (Å²) in [5.74, 6) is -14.9. The first-order chi connectivity index (χ1) is 16.5. The van der Waals surface area contributed by atoms with Gasteiger partial charge >= 0.3 is 23.9 Å². The van der Waals surface area contributed by atoms with E-state index in [9.17, 15) is 39.5 Å². The monoisotopic (exact) mass is 534 g/mol. The van der Waals surface area contributed by atoms with Crippen LogP contribution in [-0.4, -0.2) is 23.9 Å². The van der Waals surface area contributed by atoms with Crippen molar-refractivity contribution >= 4 is 5.57 Å². The highest BCUT2D eigenvalue weighted by atomic mass is 19.4. The Balaban J connectivity index is 2.66. The van der Waals surface area contributed by atoms with E-state index in [-0.39, 0.29) is 16.4 Å². The number of halogens is 9. The second kappa shape index (κ2) is 9.77. The van der Waals surface area contributed by atoms with Crippen molar-refractivity contribution in [3.63, 3.8) is 0 Å². The molecule has 0 aliphatic rings. The van der Waals surface area contributed by atoms with Crippen molar-refractivity contribution in [3.8, 4) is 11.8 Å². The molecule has 2 rings (SSSR count). The SMILES string of the molecule is CC(C)(C)c1ccc(C#C/C(=C/C(F)(F)C(F)(F)C(F)(F)C(F)(F)F)c2ccc(C(C)(C)C)cc2)cc1. The Bertz CT molecular complexity index is 1170. The molecule has 2 aromatic carbocycles. The lowest BCUT2D eigenvalue weighted by atomic mass is 9.86. The topological polar surface area (TPSA) is 0 Å². The van der Waals surface area contributed by atoms with Crippen LogP contribution in [0.4, 0.5) is 39.5 Å². The predicted molar refractivity (Wildman–Crippen MR) is 126 cm³/mol. The van der Waals surface area contributed by atoms with Crippen molar-refractivity contribution in [1.82, 2.24) is 0 Å². The normalized spacial score (nSPS) is 14.3. The summed E-state index contributed by atoms with van der Waals surface area (Å²) in [5, 5.41) is 0. The van der Waals surface area contributed by atoms with Gasteiger partial charge in [0.05, 0.1) is 0 Å². The van der Waals surface area contributed by atoms with E-state index in [1.165, 1.54) is 24.3 Å². The minimum absolute atomic E-state index is 0.155. The molecule has 0 fully saturated rings. The van der Waals surface area contributed by atoms with Gasteiger partial charge in [-0.2, -0.15) is 39.5 Å². The third-order valence-corrected chi connectivity index (χ3v) is 5.65. The largest absolute Gasteiger partial charge is 0.460 e. The van der Waals surface area contributed by atoms with Gasteiger partial charge in [0.15, 0.2) is 0 Å². The van der Waals surface area contributed by atoms with E-state index in [0.717, 1.165) is 11.1 Å². The Labute approximate surface area is 210 Å². The van der Waals surface area contributed by atoms with Gasteiger partial charge in [-0.3, -0.25) is 0 Å². The second-order valence-electron chi connectivity index (χ2n) is 10.7. The van der Waals surface area contributed by atoms with E-state index in [1.807, 2.05) is 41.5 Å². The van der Waals surface area contributed by atoms with E-state index in [4.69, 9.17) is 0 Å². The molecule has 0 N–H and O–H groups in total. The smallest absolute Gasteiger partial charge is 0.195 e. The maximum atomic E-state index is 14.5. The molecule has 0 aliphatic carbocycles. The van der Waals surface area contributed by atoms with Gasteiger partial charge in [0, 0.05) is 17.2 Å². The summed E-state index contributed by atoms with van der Waals surface area (Å²) in [6, 6.07) is 12.1. The molecular weight excluding hydrogens is 507 g/mol. The molecule has 0 amide bonds. The first kappa shape index (κ1) is 30.3. The molecular formula is C28H27F9. The fourth-order valence-corrected chi connectivity index (χ4v) is 3.19. The van der Waals surface area contributed by atoms with Gasteiger partial charge in [0.25, 0.3) is 0 Å². The van der Waals surface area contributed by atoms with Crippen LogP contribution < -0.4 is 0 Å². The number of hydrogen-bond donors (Lipinski definition) is 0. The maximum Gasteiger partial charge on any atom is 0.460 e. The summed E-state index contributed by atoms with van der Waals surface area (Å²) in [6.45, 7) is 11.4. The van der Waals surface area contributed by atoms with Gasteiger partial charge < -0.3 is 0 Å². The van der Waals surface area contributed by atoms with Gasteiger partial charge in [-0.1, -0.05) is 89.8 Å². The lowest BCUT2D eigenvalue weighted by Crippen LogP contribution is -2.60. The first-order valence-corrected chi connectivity index (χ1v) is 11.2. The highest BCUT2D eigenvalue weighted by molar-refractivity contribution is 5.80. The summed E-state index contributed by atoms with van der Waals surface area (Å²) in [4.78, 5) is 0. The molecule has 0 radical (unpaired) electrons. The van der Waals surface area contributed by atoms with Gasteiger partial charge in [0.1, 0.15) is 0 Å². The van der Waals surface area contributed by atoms with Crippen LogP contribution in [-0.2, 0) is 10.8 Å². The van der Waals surface area contributed by atoms with Crippen LogP contribution in [0, 0.1) is 11.8 Å². The van der Waals surface area contributed by atoms with Crippen LogP contribution in [0.5, 0.6) is 0 Å². The average molecular weight is 535 g/mol. The Hall–Kier alpha value is -2.89. The third kappa shape index (κ3) is 6.52. The van der Waals surface area contributed by atoms with Gasteiger partial charge in [-0.25, -0.2) is 0 Å². The summed E-state index contributed by atoms with van der Waals surface area (Å²) >= 11 is 0. The van der Waals surface area contributed by atoms with Gasteiger partial charge in [-0.05, 0) is 39.7 Å². The summed E-state index contributed by atoms with van der Waals surface area (Å²) < 4.78 is 121. The Morgan fingerprint density at radius 3 is 1.38 bits per heavy atom. The second-order valence-corrected chi connectivity index (χ2v) is 10.7. The number of allylic oxidation sites excluding steroid dienone is 2. The van der Waals surface area contributed by atoms with E-state index >= 15 is 0 Å². The lowest BCUT2D eigenvalue weighted by Gasteiger charge is -2.32. The summed E-state index contributed by atoms with van der Waals surface area (Å²) in [7, 11) is 0. The first-order valence-electron chi connectivity index (χ1n) is 11.2. The molecule has 0 aromatic heterocycles. The van der Waals surface area contributed by atoms with Crippen LogP contribution in [0.1, 0.15) is 63.8 Å². The molecule has 0 saturated heterocycles. The predicted octanol–water partition coefficient (Wildman–Crippen LogP) is 9.18. The molecule has 0 spiro atoms. The molecule has 0 saturated carbocycles. The zero-order valence-corrected chi connectivity index (χ0v) is 21.1. The maximum absolute atomic E-state index is 14.5. The van der Waals surface area contributed by atoms with Crippen LogP contribution >= 0.6 is 0 Å². The van der Waals surface area contributed by atoms with Crippen LogP contribution in [0.25, 0.3) is 5.57 Å². The number of alkyl halides is 9. The van der Waals surface area contributed by atoms with Crippen LogP contribution in [0.2, 0.25) is 0 Å². The zero-order valence-electron chi connectivity index (χ0n) is 21.1. The zero-order chi connectivity index (χ0) is 28.7. The molecule has 0 unspecified atom stereocenters. The Morgan fingerprint density at radius 1 is 0.595 bits per heavy atom. The third-order valence-electron chi connectivity index (χ3n) is 5.65. The van der Waals surface area contributed by atoms with Crippen molar-refractivity contribution in [1.29, 1.82) is 0 Å². The van der Waals surface area contributed by atoms with Crippen molar-refractivity contribution in [2.45, 2.75) is 76.3 Å². The fourth-order valence-electron chi connectivity index (χ4n) is 3.19. The highest BCUT2D eigenvalue weighted by Gasteiger charge is 2.81. The van der Waals surface area contributed by atoms with E-state index in [0.29, 0.717) is 5.56 Å². The number of benzene rings is 2. The molecule has 0 atom stereocenters. The van der Waals surface area contributed by atoms with Gasteiger partial charge in [0.2, 0.25) is 0 Å². The lowest BCUT2D eigenvalue weighted by molar-refractivity contribution is -0.388. The summed E-state index contributed by atoms with van der Waals surface area (Å²) in [6.07, 6.45) is -7.53. The Kier molecular flexibility index (Phi) is 8.01. The molecule has 0 bridgehead atoms. The van der Waals surface area contributed by atoms with E-state index in [2.05, 4.69) is 11.8 Å². The van der Waals surface area contributed by atoms with Gasteiger partial charge in [-0.15, -0.1) is 0 Å². The molecule has 37 heavy (non-hydrogen) atoms. The molecule has 9 heteroatoms. The minimum Gasteiger partial charge on any atom is -0.195 e. The van der Waals surface area contributed by atoms with Crippen molar-refractivity contribution in [2.24, 2.45) is 0 Å². The standard InChI is InChI=1S/C28H27F9/c1-23(2,3)21-13-8-18(9-14-21)7-10-20(19-11-15-22(16-12-19)24(4,5)6)17-25(29,30)26(31,32)27(33,34)28(35,36)37/h8-9,11-17H,1-6H3/b20-17-.